The van der Waals surface area contributed by atoms with Crippen LogP contribution in [-0.2, 0) is 0 Å². The zero-order chi connectivity index (χ0) is 20.9. The van der Waals surface area contributed by atoms with Crippen LogP contribution in [0.25, 0.3) is 0 Å². The molecule has 3 rings (SSSR count). The maximum absolute atomic E-state index is 13.6. The Morgan fingerprint density at radius 1 is 1.07 bits per heavy atom. The van der Waals surface area contributed by atoms with E-state index in [9.17, 15) is 4.39 Å². The first-order chi connectivity index (χ1) is 14.0. The number of nitrogens with zero attached hydrogens (tertiary/aromatic N) is 1. The number of thioether (sulfide) groups is 1. The third kappa shape index (κ3) is 5.09. The first-order valence-corrected chi connectivity index (χ1v) is 11.8. The molecule has 0 amide bonds. The van der Waals surface area contributed by atoms with Gasteiger partial charge in [0.05, 0.1) is 12.8 Å². The van der Waals surface area contributed by atoms with Crippen molar-refractivity contribution >= 4 is 23.1 Å². The highest BCUT2D eigenvalue weighted by molar-refractivity contribution is 7.99. The Morgan fingerprint density at radius 2 is 1.72 bits per heavy atom. The van der Waals surface area contributed by atoms with Crippen molar-refractivity contribution in [1.82, 2.24) is 0 Å². The summed E-state index contributed by atoms with van der Waals surface area (Å²) >= 11 is 1.96. The number of aryl methyl sites for hydroxylation is 1. The van der Waals surface area contributed by atoms with Gasteiger partial charge in [0, 0.05) is 22.9 Å². The number of hydrogen-bond donors (Lipinski definition) is 0. The van der Waals surface area contributed by atoms with Gasteiger partial charge in [0.25, 0.3) is 0 Å². The van der Waals surface area contributed by atoms with Crippen LogP contribution in [0.15, 0.2) is 41.3 Å². The molecule has 0 atom stereocenters. The zero-order valence-electron chi connectivity index (χ0n) is 18.3. The molecule has 1 aliphatic heterocycles. The monoisotopic (exact) mass is 415 g/mol. The van der Waals surface area contributed by atoms with Crippen LogP contribution in [0, 0.1) is 18.2 Å². The van der Waals surface area contributed by atoms with Crippen molar-refractivity contribution in [1.29, 1.82) is 0 Å². The van der Waals surface area contributed by atoms with Gasteiger partial charge in [-0.15, -0.1) is 11.8 Å². The second-order valence-electron chi connectivity index (χ2n) is 8.35. The lowest BCUT2D eigenvalue weighted by molar-refractivity contribution is 0.274. The van der Waals surface area contributed by atoms with Gasteiger partial charge in [-0.05, 0) is 67.1 Å². The summed E-state index contributed by atoms with van der Waals surface area (Å²) in [6, 6.07) is 11.4. The van der Waals surface area contributed by atoms with E-state index in [0.29, 0.717) is 0 Å². The molecular formula is C25H34FNOS. The van der Waals surface area contributed by atoms with Gasteiger partial charge in [-0.25, -0.2) is 4.39 Å². The average Bonchev–Trinajstić information content (AvgIpc) is 2.88. The highest BCUT2D eigenvalue weighted by Gasteiger charge is 2.36. The lowest BCUT2D eigenvalue weighted by Gasteiger charge is -2.37. The number of rotatable bonds is 8. The Hall–Kier alpha value is -1.68. The molecule has 0 aromatic heterocycles. The molecule has 1 heterocycles. The van der Waals surface area contributed by atoms with Crippen LogP contribution >= 0.6 is 11.8 Å². The molecular weight excluding hydrogens is 381 g/mol. The molecule has 0 saturated carbocycles. The highest BCUT2D eigenvalue weighted by Crippen LogP contribution is 2.48. The van der Waals surface area contributed by atoms with Crippen molar-refractivity contribution in [3.63, 3.8) is 0 Å². The molecule has 0 unspecified atom stereocenters. The van der Waals surface area contributed by atoms with Crippen molar-refractivity contribution in [3.8, 4) is 5.75 Å². The summed E-state index contributed by atoms with van der Waals surface area (Å²) in [4.78, 5) is 3.68. The first kappa shape index (κ1) is 22.0. The van der Waals surface area contributed by atoms with E-state index < -0.39 is 0 Å². The fraction of sp³-hybridized carbons (Fsp3) is 0.520. The Bertz CT molecular complexity index is 797. The Kier molecular flexibility index (Phi) is 7.50. The first-order valence-electron chi connectivity index (χ1n) is 10.9. The lowest BCUT2D eigenvalue weighted by Crippen LogP contribution is -2.36. The van der Waals surface area contributed by atoms with Crippen LogP contribution in [-0.4, -0.2) is 19.4 Å². The maximum atomic E-state index is 13.6. The fourth-order valence-electron chi connectivity index (χ4n) is 4.28. The number of anilines is 2. The second-order valence-corrected chi connectivity index (χ2v) is 9.37. The maximum Gasteiger partial charge on any atom is 0.123 e. The minimum absolute atomic E-state index is 0.188. The largest absolute Gasteiger partial charge is 0.496 e. The number of benzene rings is 2. The van der Waals surface area contributed by atoms with E-state index in [0.717, 1.165) is 29.3 Å². The number of methoxy groups -OCH3 is 1. The van der Waals surface area contributed by atoms with Gasteiger partial charge in [-0.3, -0.25) is 0 Å². The molecule has 0 spiro atoms. The Balaban J connectivity index is 2.08. The molecule has 158 valence electrons. The quantitative estimate of drug-likeness (QED) is 0.437. The smallest absolute Gasteiger partial charge is 0.123 e. The van der Waals surface area contributed by atoms with Gasteiger partial charge in [0.1, 0.15) is 11.6 Å². The molecule has 0 aliphatic carbocycles. The summed E-state index contributed by atoms with van der Waals surface area (Å²) in [5.74, 6) is 1.86. The number of fused-ring (bicyclic) bond motifs is 1. The van der Waals surface area contributed by atoms with Crippen LogP contribution < -0.4 is 9.64 Å². The third-order valence-corrected chi connectivity index (χ3v) is 7.45. The Morgan fingerprint density at radius 3 is 2.31 bits per heavy atom. The molecule has 2 aromatic rings. The van der Waals surface area contributed by atoms with E-state index >= 15 is 0 Å². The van der Waals surface area contributed by atoms with Gasteiger partial charge >= 0.3 is 0 Å². The molecule has 0 N–H and O–H groups in total. The van der Waals surface area contributed by atoms with E-state index in [-0.39, 0.29) is 11.2 Å². The van der Waals surface area contributed by atoms with Gasteiger partial charge in [-0.2, -0.15) is 0 Å². The summed E-state index contributed by atoms with van der Waals surface area (Å²) in [7, 11) is 1.74. The molecule has 4 heteroatoms. The van der Waals surface area contributed by atoms with Crippen molar-refractivity contribution in [2.45, 2.75) is 64.2 Å². The van der Waals surface area contributed by atoms with E-state index in [1.54, 1.807) is 19.2 Å². The lowest BCUT2D eigenvalue weighted by atomic mass is 9.79. The predicted molar refractivity (Wildman–Crippen MR) is 123 cm³/mol. The predicted octanol–water partition coefficient (Wildman–Crippen LogP) is 7.75. The molecule has 1 aliphatic rings. The van der Waals surface area contributed by atoms with E-state index in [2.05, 4.69) is 37.8 Å². The number of unbranched alkanes of at least 4 members (excludes halogenated alkanes) is 2. The fourth-order valence-corrected chi connectivity index (χ4v) is 5.63. The molecule has 0 bridgehead atoms. The number of ether oxygens (including phenoxy) is 1. The molecule has 0 fully saturated rings. The number of hydrogen-bond acceptors (Lipinski definition) is 3. The molecule has 2 aromatic carbocycles. The van der Waals surface area contributed by atoms with E-state index in [1.165, 1.54) is 49.1 Å². The summed E-state index contributed by atoms with van der Waals surface area (Å²) in [5, 5.41) is 0. The second kappa shape index (κ2) is 9.88. The topological polar surface area (TPSA) is 12.5 Å². The van der Waals surface area contributed by atoms with Crippen LogP contribution in [0.4, 0.5) is 15.8 Å². The van der Waals surface area contributed by atoms with Crippen molar-refractivity contribution in [2.24, 2.45) is 5.41 Å². The minimum atomic E-state index is -0.188. The van der Waals surface area contributed by atoms with Crippen LogP contribution in [0.1, 0.15) is 57.9 Å². The van der Waals surface area contributed by atoms with Crippen molar-refractivity contribution in [2.75, 3.05) is 24.3 Å². The van der Waals surface area contributed by atoms with E-state index in [4.69, 9.17) is 4.74 Å². The van der Waals surface area contributed by atoms with Crippen LogP contribution in [0.2, 0.25) is 0 Å². The summed E-state index contributed by atoms with van der Waals surface area (Å²) in [6.07, 6.45) is 7.40. The normalized spacial score (nSPS) is 15.7. The summed E-state index contributed by atoms with van der Waals surface area (Å²) in [5.41, 5.74) is 3.67. The highest BCUT2D eigenvalue weighted by atomic mass is 32.2. The third-order valence-electron chi connectivity index (χ3n) is 6.05. The molecule has 0 radical (unpaired) electrons. The average molecular weight is 416 g/mol. The Labute approximate surface area is 179 Å². The van der Waals surface area contributed by atoms with Gasteiger partial charge in [0.15, 0.2) is 0 Å². The van der Waals surface area contributed by atoms with Crippen LogP contribution in [0.5, 0.6) is 5.75 Å². The standard InChI is InChI=1S/C25H34FNOS/c1-5-7-13-25(14-8-6-2)17-27(21-11-9-20(26)10-12-21)22-15-19(3)23(28-4)16-24(22)29-18-25/h9-12,15-16H,5-8,13-14,17-18H2,1-4H3. The molecule has 2 nitrogen and oxygen atoms in total. The zero-order valence-corrected chi connectivity index (χ0v) is 19.1. The van der Waals surface area contributed by atoms with Gasteiger partial charge in [-0.1, -0.05) is 39.5 Å². The van der Waals surface area contributed by atoms with Crippen molar-refractivity contribution in [3.05, 3.63) is 47.8 Å². The summed E-state index contributed by atoms with van der Waals surface area (Å²) in [6.45, 7) is 7.62. The number of halogens is 1. The van der Waals surface area contributed by atoms with Crippen molar-refractivity contribution < 1.29 is 9.13 Å². The van der Waals surface area contributed by atoms with Gasteiger partial charge in [0.2, 0.25) is 0 Å². The molecule has 29 heavy (non-hydrogen) atoms. The summed E-state index contributed by atoms with van der Waals surface area (Å²) < 4.78 is 19.2. The van der Waals surface area contributed by atoms with Gasteiger partial charge < -0.3 is 9.64 Å². The van der Waals surface area contributed by atoms with Crippen LogP contribution in [0.3, 0.4) is 0 Å². The SMILES string of the molecule is CCCCC1(CCCC)CSc2cc(OC)c(C)cc2N(c2ccc(F)cc2)C1. The van der Waals surface area contributed by atoms with E-state index in [1.807, 2.05) is 23.9 Å². The minimum Gasteiger partial charge on any atom is -0.496 e. The molecule has 0 saturated heterocycles.